The average molecular weight is 359 g/mol. The predicted molar refractivity (Wildman–Crippen MR) is 76.2 cm³/mol. The highest BCUT2D eigenvalue weighted by atomic mass is 79.9. The van der Waals surface area contributed by atoms with Gasteiger partial charge in [-0.05, 0) is 46.3 Å². The van der Waals surface area contributed by atoms with Gasteiger partial charge in [-0.2, -0.15) is 8.42 Å². The van der Waals surface area contributed by atoms with E-state index in [4.69, 9.17) is 0 Å². The number of hydrogen-bond acceptors (Lipinski definition) is 4. The minimum absolute atomic E-state index is 0.130. The van der Waals surface area contributed by atoms with Gasteiger partial charge in [0.25, 0.3) is 10.0 Å². The first-order valence-corrected chi connectivity index (χ1v) is 8.93. The average Bonchev–Trinajstić information content (AvgIpc) is 3.07. The molecule has 1 heterocycles. The normalized spacial score (nSPS) is 25.9. The fraction of sp³-hybridized carbons (Fsp3) is 0.538. The Morgan fingerprint density at radius 3 is 2.65 bits per heavy atom. The number of pyridine rings is 1. The van der Waals surface area contributed by atoms with Crippen LogP contribution in [0.5, 0.6) is 0 Å². The topological polar surface area (TPSA) is 76.1 Å². The Hall–Kier alpha value is -0.950. The highest BCUT2D eigenvalue weighted by Gasteiger charge is 2.49. The van der Waals surface area contributed by atoms with Gasteiger partial charge in [-0.3, -0.25) is 4.79 Å². The molecule has 0 saturated heterocycles. The van der Waals surface area contributed by atoms with E-state index < -0.39 is 10.0 Å². The molecule has 1 N–H and O–H groups in total. The van der Waals surface area contributed by atoms with Crippen molar-refractivity contribution in [2.75, 3.05) is 0 Å². The smallest absolute Gasteiger partial charge is 0.274 e. The van der Waals surface area contributed by atoms with Crippen molar-refractivity contribution in [2.24, 2.45) is 17.8 Å². The number of aromatic nitrogens is 1. The molecule has 0 radical (unpaired) electrons. The van der Waals surface area contributed by atoms with Crippen molar-refractivity contribution in [1.29, 1.82) is 0 Å². The lowest BCUT2D eigenvalue weighted by atomic mass is 9.81. The molecule has 2 aliphatic carbocycles. The van der Waals surface area contributed by atoms with Crippen LogP contribution < -0.4 is 4.72 Å². The van der Waals surface area contributed by atoms with Gasteiger partial charge in [0, 0.05) is 16.6 Å². The fourth-order valence-electron chi connectivity index (χ4n) is 2.69. The van der Waals surface area contributed by atoms with Crippen LogP contribution in [0.25, 0.3) is 0 Å². The summed E-state index contributed by atoms with van der Waals surface area (Å²) in [4.78, 5) is 15.8. The molecule has 1 aromatic rings. The minimum Gasteiger partial charge on any atom is -0.274 e. The monoisotopic (exact) mass is 358 g/mol. The number of nitrogens with one attached hydrogen (secondary N) is 1. The van der Waals surface area contributed by atoms with E-state index >= 15 is 0 Å². The number of amides is 1. The Labute approximate surface area is 126 Å². The van der Waals surface area contributed by atoms with Crippen LogP contribution in [0.2, 0.25) is 0 Å². The van der Waals surface area contributed by atoms with E-state index in [1.807, 2.05) is 0 Å². The largest absolute Gasteiger partial charge is 0.281 e. The van der Waals surface area contributed by atoms with Crippen LogP contribution in [-0.4, -0.2) is 19.3 Å². The third-order valence-electron chi connectivity index (χ3n) is 4.14. The van der Waals surface area contributed by atoms with E-state index in [0.29, 0.717) is 16.3 Å². The Morgan fingerprint density at radius 1 is 1.35 bits per heavy atom. The minimum atomic E-state index is -3.85. The summed E-state index contributed by atoms with van der Waals surface area (Å²) in [5, 5.41) is -0.130. The molecule has 2 atom stereocenters. The van der Waals surface area contributed by atoms with Gasteiger partial charge in [-0.1, -0.05) is 19.3 Å². The van der Waals surface area contributed by atoms with E-state index in [0.717, 1.165) is 6.42 Å². The summed E-state index contributed by atoms with van der Waals surface area (Å²) in [6.07, 6.45) is 5.80. The van der Waals surface area contributed by atoms with Crippen molar-refractivity contribution in [2.45, 2.75) is 30.7 Å². The molecule has 108 valence electrons. The third-order valence-corrected chi connectivity index (χ3v) is 5.87. The highest BCUT2D eigenvalue weighted by molar-refractivity contribution is 9.10. The Morgan fingerprint density at radius 2 is 2.10 bits per heavy atom. The molecule has 2 saturated carbocycles. The van der Waals surface area contributed by atoms with Gasteiger partial charge in [0.1, 0.15) is 0 Å². The van der Waals surface area contributed by atoms with Gasteiger partial charge in [-0.25, -0.2) is 9.71 Å². The summed E-state index contributed by atoms with van der Waals surface area (Å²) in [6, 6.07) is 2.95. The third kappa shape index (κ3) is 2.74. The second-order valence-corrected chi connectivity index (χ2v) is 8.03. The number of hydrogen-bond donors (Lipinski definition) is 1. The van der Waals surface area contributed by atoms with Gasteiger partial charge in [0.2, 0.25) is 5.91 Å². The molecule has 2 fully saturated rings. The number of sulfonamides is 1. The van der Waals surface area contributed by atoms with Crippen molar-refractivity contribution < 1.29 is 13.2 Å². The highest BCUT2D eigenvalue weighted by Crippen LogP contribution is 2.51. The molecular weight excluding hydrogens is 344 g/mol. The maximum Gasteiger partial charge on any atom is 0.281 e. The standard InChI is InChI=1S/C13H15BrN2O3S/c14-9-4-5-12(15-7-9)20(18,19)16-13(17)11-6-10(11)8-2-1-3-8/h4-5,7-8,10-11H,1-3,6H2,(H,16,17)/t10-,11+/m0/s1. The van der Waals surface area contributed by atoms with Crippen LogP contribution in [0.15, 0.2) is 27.8 Å². The number of halogens is 1. The van der Waals surface area contributed by atoms with E-state index in [1.54, 1.807) is 6.07 Å². The zero-order chi connectivity index (χ0) is 14.3. The van der Waals surface area contributed by atoms with Crippen LogP contribution in [-0.2, 0) is 14.8 Å². The van der Waals surface area contributed by atoms with Gasteiger partial charge in [0.15, 0.2) is 5.03 Å². The van der Waals surface area contributed by atoms with E-state index in [-0.39, 0.29) is 16.9 Å². The van der Waals surface area contributed by atoms with Crippen LogP contribution in [0.1, 0.15) is 25.7 Å². The molecule has 5 nitrogen and oxygen atoms in total. The number of carbonyl (C=O) groups is 1. The molecule has 0 aliphatic heterocycles. The molecule has 20 heavy (non-hydrogen) atoms. The Balaban J connectivity index is 1.64. The molecule has 1 aromatic heterocycles. The van der Waals surface area contributed by atoms with Crippen molar-refractivity contribution in [3.8, 4) is 0 Å². The quantitative estimate of drug-likeness (QED) is 0.893. The molecule has 1 amide bonds. The summed E-state index contributed by atoms with van der Waals surface area (Å²) < 4.78 is 26.9. The maximum atomic E-state index is 12.0. The molecule has 7 heteroatoms. The fourth-order valence-corrected chi connectivity index (χ4v) is 3.88. The number of nitrogens with zero attached hydrogens (tertiary/aromatic N) is 1. The number of carbonyl (C=O) groups excluding carboxylic acids is 1. The molecule has 0 spiro atoms. The summed E-state index contributed by atoms with van der Waals surface area (Å²) in [7, 11) is -3.85. The van der Waals surface area contributed by atoms with Crippen LogP contribution in [0.4, 0.5) is 0 Å². The van der Waals surface area contributed by atoms with E-state index in [2.05, 4.69) is 25.6 Å². The predicted octanol–water partition coefficient (Wildman–Crippen LogP) is 2.09. The van der Waals surface area contributed by atoms with Crippen molar-refractivity contribution in [3.63, 3.8) is 0 Å². The zero-order valence-corrected chi connectivity index (χ0v) is 13.2. The van der Waals surface area contributed by atoms with Gasteiger partial charge in [-0.15, -0.1) is 0 Å². The van der Waals surface area contributed by atoms with Gasteiger partial charge < -0.3 is 0 Å². The molecule has 0 unspecified atom stereocenters. The summed E-state index contributed by atoms with van der Waals surface area (Å²) in [5.41, 5.74) is 0. The van der Waals surface area contributed by atoms with Crippen molar-refractivity contribution in [1.82, 2.24) is 9.71 Å². The van der Waals surface area contributed by atoms with Crippen LogP contribution >= 0.6 is 15.9 Å². The van der Waals surface area contributed by atoms with E-state index in [9.17, 15) is 13.2 Å². The van der Waals surface area contributed by atoms with Crippen molar-refractivity contribution in [3.05, 3.63) is 22.8 Å². The zero-order valence-electron chi connectivity index (χ0n) is 10.8. The van der Waals surface area contributed by atoms with Gasteiger partial charge >= 0.3 is 0 Å². The van der Waals surface area contributed by atoms with Crippen LogP contribution in [0.3, 0.4) is 0 Å². The Kier molecular flexibility index (Phi) is 3.58. The first-order chi connectivity index (χ1) is 9.47. The summed E-state index contributed by atoms with van der Waals surface area (Å²) >= 11 is 3.19. The number of rotatable bonds is 4. The SMILES string of the molecule is O=C(NS(=O)(=O)c1ccc(Br)cn1)[C@@H]1C[C@H]1C1CCC1. The second-order valence-electron chi connectivity index (χ2n) is 5.48. The van der Waals surface area contributed by atoms with E-state index in [1.165, 1.54) is 31.5 Å². The molecular formula is C13H15BrN2O3S. The molecule has 3 rings (SSSR count). The summed E-state index contributed by atoms with van der Waals surface area (Å²) in [6.45, 7) is 0. The lowest BCUT2D eigenvalue weighted by Crippen LogP contribution is -2.33. The van der Waals surface area contributed by atoms with Crippen LogP contribution in [0, 0.1) is 17.8 Å². The maximum absolute atomic E-state index is 12.0. The first kappa shape index (κ1) is 14.0. The Bertz CT molecular complexity index is 626. The molecule has 0 bridgehead atoms. The summed E-state index contributed by atoms with van der Waals surface area (Å²) in [5.74, 6) is 0.494. The molecule has 2 aliphatic rings. The first-order valence-electron chi connectivity index (χ1n) is 6.65. The lowest BCUT2D eigenvalue weighted by molar-refractivity contribution is -0.121. The molecule has 0 aromatic carbocycles. The lowest BCUT2D eigenvalue weighted by Gasteiger charge is -2.25. The van der Waals surface area contributed by atoms with Gasteiger partial charge in [0.05, 0.1) is 0 Å². The van der Waals surface area contributed by atoms with Crippen molar-refractivity contribution >= 4 is 31.9 Å². The second kappa shape index (κ2) is 5.11.